The Morgan fingerprint density at radius 2 is 1.57 bits per heavy atom. The van der Waals surface area contributed by atoms with Gasteiger partial charge in [0.2, 0.25) is 5.54 Å². The number of methoxy groups -OCH3 is 2. The van der Waals surface area contributed by atoms with E-state index in [9.17, 15) is 19.2 Å². The molecule has 0 amide bonds. The number of esters is 4. The van der Waals surface area contributed by atoms with E-state index < -0.39 is 47.3 Å². The second-order valence-corrected chi connectivity index (χ2v) is 6.91. The van der Waals surface area contributed by atoms with Crippen molar-refractivity contribution in [1.29, 1.82) is 0 Å². The van der Waals surface area contributed by atoms with Crippen molar-refractivity contribution in [2.75, 3.05) is 27.4 Å². The van der Waals surface area contributed by atoms with Crippen LogP contribution in [0.1, 0.15) is 25.5 Å². The van der Waals surface area contributed by atoms with Crippen molar-refractivity contribution in [3.8, 4) is 0 Å². The third-order valence-corrected chi connectivity index (χ3v) is 5.13. The van der Waals surface area contributed by atoms with Gasteiger partial charge in [-0.3, -0.25) is 14.9 Å². The summed E-state index contributed by atoms with van der Waals surface area (Å²) in [5.41, 5.74) is -1.85. The maximum Gasteiger partial charge on any atom is 0.339 e. The molecule has 2 rings (SSSR count). The van der Waals surface area contributed by atoms with E-state index in [0.29, 0.717) is 10.6 Å². The Bertz CT molecular complexity index is 809. The van der Waals surface area contributed by atoms with Crippen LogP contribution in [-0.4, -0.2) is 56.8 Å². The number of benzene rings is 1. The summed E-state index contributed by atoms with van der Waals surface area (Å²) in [6, 6.07) is 5.45. The average molecular weight is 442 g/mol. The van der Waals surface area contributed by atoms with E-state index in [-0.39, 0.29) is 13.2 Å². The summed E-state index contributed by atoms with van der Waals surface area (Å²) in [6.07, 6.45) is 0. The lowest BCUT2D eigenvalue weighted by atomic mass is 9.77. The molecule has 3 atom stereocenters. The number of hydrogen-bond acceptors (Lipinski definition) is 9. The van der Waals surface area contributed by atoms with Crippen molar-refractivity contribution < 1.29 is 38.1 Å². The molecule has 0 unspecified atom stereocenters. The molecule has 0 aliphatic carbocycles. The SMILES string of the molecule is CCOC(=O)C1(C(=O)OCC)N[C@H](c2cccc(Cl)c2)[C@H](C(=O)OC)[C@@H]1C(=O)OC. The third-order valence-electron chi connectivity index (χ3n) is 4.90. The van der Waals surface area contributed by atoms with Gasteiger partial charge in [0.1, 0.15) is 5.92 Å². The van der Waals surface area contributed by atoms with E-state index in [1.165, 1.54) is 0 Å². The van der Waals surface area contributed by atoms with Crippen molar-refractivity contribution in [1.82, 2.24) is 5.32 Å². The number of ether oxygens (including phenoxy) is 4. The van der Waals surface area contributed by atoms with Crippen LogP contribution in [0.15, 0.2) is 24.3 Å². The fourth-order valence-corrected chi connectivity index (χ4v) is 3.88. The van der Waals surface area contributed by atoms with Crippen LogP contribution in [0.2, 0.25) is 5.02 Å². The molecule has 164 valence electrons. The third kappa shape index (κ3) is 4.13. The predicted molar refractivity (Wildman–Crippen MR) is 104 cm³/mol. The first-order valence-electron chi connectivity index (χ1n) is 9.31. The molecule has 1 aliphatic rings. The Kier molecular flexibility index (Phi) is 7.80. The lowest BCUT2D eigenvalue weighted by Crippen LogP contribution is -2.62. The molecule has 0 bridgehead atoms. The van der Waals surface area contributed by atoms with Gasteiger partial charge in [-0.05, 0) is 31.5 Å². The van der Waals surface area contributed by atoms with E-state index in [2.05, 4.69) is 5.32 Å². The first-order chi connectivity index (χ1) is 14.3. The highest BCUT2D eigenvalue weighted by Gasteiger charge is 2.69. The standard InChI is InChI=1S/C20H24ClNO8/c1-5-29-18(25)20(19(26)30-6-2)14(17(24)28-4)13(16(23)27-3)15(22-20)11-8-7-9-12(21)10-11/h7-10,13-15,22H,5-6H2,1-4H3/t13-,14-,15-/m1/s1. The Morgan fingerprint density at radius 3 is 2.03 bits per heavy atom. The van der Waals surface area contributed by atoms with Gasteiger partial charge < -0.3 is 18.9 Å². The summed E-state index contributed by atoms with van der Waals surface area (Å²) in [7, 11) is 2.23. The van der Waals surface area contributed by atoms with Crippen LogP contribution in [0.3, 0.4) is 0 Å². The van der Waals surface area contributed by atoms with Crippen LogP contribution >= 0.6 is 11.6 Å². The molecule has 0 radical (unpaired) electrons. The van der Waals surface area contributed by atoms with Gasteiger partial charge in [-0.1, -0.05) is 23.7 Å². The minimum Gasteiger partial charge on any atom is -0.469 e. The fraction of sp³-hybridized carbons (Fsp3) is 0.500. The van der Waals surface area contributed by atoms with E-state index in [1.54, 1.807) is 38.1 Å². The Balaban J connectivity index is 2.77. The largest absolute Gasteiger partial charge is 0.469 e. The second kappa shape index (κ2) is 9.90. The van der Waals surface area contributed by atoms with Gasteiger partial charge in [0.25, 0.3) is 0 Å². The molecule has 10 heteroatoms. The first kappa shape index (κ1) is 23.6. The van der Waals surface area contributed by atoms with E-state index in [4.69, 9.17) is 30.5 Å². The zero-order chi connectivity index (χ0) is 22.5. The number of carbonyl (C=O) groups is 4. The molecule has 9 nitrogen and oxygen atoms in total. The summed E-state index contributed by atoms with van der Waals surface area (Å²) in [4.78, 5) is 51.7. The van der Waals surface area contributed by atoms with Crippen LogP contribution < -0.4 is 5.32 Å². The Hall–Kier alpha value is -2.65. The topological polar surface area (TPSA) is 117 Å². The summed E-state index contributed by atoms with van der Waals surface area (Å²) < 4.78 is 19.9. The minimum atomic E-state index is -2.31. The van der Waals surface area contributed by atoms with Gasteiger partial charge >= 0.3 is 23.9 Å². The number of hydrogen-bond donors (Lipinski definition) is 1. The molecular formula is C20H24ClNO8. The molecule has 1 N–H and O–H groups in total. The molecule has 1 aromatic carbocycles. The van der Waals surface area contributed by atoms with Crippen molar-refractivity contribution >= 4 is 35.5 Å². The van der Waals surface area contributed by atoms with Crippen molar-refractivity contribution in [3.05, 3.63) is 34.9 Å². The monoisotopic (exact) mass is 441 g/mol. The van der Waals surface area contributed by atoms with Crippen LogP contribution in [0.4, 0.5) is 0 Å². The molecule has 0 aromatic heterocycles. The molecule has 1 fully saturated rings. The average Bonchev–Trinajstić information content (AvgIpc) is 3.10. The van der Waals surface area contributed by atoms with Crippen LogP contribution in [0.25, 0.3) is 0 Å². The normalized spacial score (nSPS) is 22.1. The Labute approximate surface area is 178 Å². The number of nitrogens with one attached hydrogen (secondary N) is 1. The van der Waals surface area contributed by atoms with Crippen LogP contribution in [-0.2, 0) is 38.1 Å². The minimum absolute atomic E-state index is 0.0692. The van der Waals surface area contributed by atoms with E-state index >= 15 is 0 Å². The highest BCUT2D eigenvalue weighted by Crippen LogP contribution is 2.46. The highest BCUT2D eigenvalue weighted by atomic mass is 35.5. The number of halogens is 1. The van der Waals surface area contributed by atoms with E-state index in [0.717, 1.165) is 14.2 Å². The molecule has 1 aromatic rings. The molecule has 1 heterocycles. The van der Waals surface area contributed by atoms with Crippen LogP contribution in [0, 0.1) is 11.8 Å². The zero-order valence-corrected chi connectivity index (χ0v) is 17.9. The Morgan fingerprint density at radius 1 is 1.00 bits per heavy atom. The van der Waals surface area contributed by atoms with Gasteiger partial charge in [0.15, 0.2) is 0 Å². The lowest BCUT2D eigenvalue weighted by Gasteiger charge is -2.30. The number of carbonyl (C=O) groups excluding carboxylic acids is 4. The number of rotatable bonds is 7. The molecule has 0 spiro atoms. The second-order valence-electron chi connectivity index (χ2n) is 6.48. The quantitative estimate of drug-likeness (QED) is 0.381. The van der Waals surface area contributed by atoms with Gasteiger partial charge in [0, 0.05) is 11.1 Å². The van der Waals surface area contributed by atoms with Gasteiger partial charge in [-0.25, -0.2) is 9.59 Å². The molecule has 1 saturated heterocycles. The van der Waals surface area contributed by atoms with Gasteiger partial charge in [-0.15, -0.1) is 0 Å². The summed E-state index contributed by atoms with van der Waals surface area (Å²) in [5.74, 6) is -6.80. The van der Waals surface area contributed by atoms with Crippen molar-refractivity contribution in [2.24, 2.45) is 11.8 Å². The molecular weight excluding hydrogens is 418 g/mol. The molecule has 30 heavy (non-hydrogen) atoms. The fourth-order valence-electron chi connectivity index (χ4n) is 3.68. The maximum absolute atomic E-state index is 13.0. The predicted octanol–water partition coefficient (Wildman–Crippen LogP) is 1.43. The highest BCUT2D eigenvalue weighted by molar-refractivity contribution is 6.30. The van der Waals surface area contributed by atoms with Crippen LogP contribution in [0.5, 0.6) is 0 Å². The van der Waals surface area contributed by atoms with Gasteiger partial charge in [-0.2, -0.15) is 0 Å². The van der Waals surface area contributed by atoms with Gasteiger partial charge in [0.05, 0.1) is 33.4 Å². The molecule has 0 saturated carbocycles. The van der Waals surface area contributed by atoms with Crippen molar-refractivity contribution in [2.45, 2.75) is 25.4 Å². The van der Waals surface area contributed by atoms with Crippen molar-refractivity contribution in [3.63, 3.8) is 0 Å². The molecule has 1 aliphatic heterocycles. The summed E-state index contributed by atoms with van der Waals surface area (Å²) in [5, 5.41) is 3.20. The smallest absolute Gasteiger partial charge is 0.339 e. The lowest BCUT2D eigenvalue weighted by molar-refractivity contribution is -0.175. The zero-order valence-electron chi connectivity index (χ0n) is 17.1. The maximum atomic E-state index is 13.0. The van der Waals surface area contributed by atoms with E-state index in [1.807, 2.05) is 0 Å². The summed E-state index contributed by atoms with van der Waals surface area (Å²) in [6.45, 7) is 2.96. The summed E-state index contributed by atoms with van der Waals surface area (Å²) >= 11 is 6.09. The first-order valence-corrected chi connectivity index (χ1v) is 9.69.